The number of nitrogens with zero attached hydrogens (tertiary/aromatic N) is 6. The molecule has 2 aromatic heterocycles. The molecule has 0 unspecified atom stereocenters. The van der Waals surface area contributed by atoms with E-state index in [1.54, 1.807) is 4.80 Å². The fourth-order valence-corrected chi connectivity index (χ4v) is 3.17. The van der Waals surface area contributed by atoms with Crippen molar-refractivity contribution in [1.82, 2.24) is 29.4 Å². The molecule has 0 aromatic carbocycles. The highest BCUT2D eigenvalue weighted by Gasteiger charge is 2.26. The first-order valence-corrected chi connectivity index (χ1v) is 7.99. The maximum Gasteiger partial charge on any atom is 0.255 e. The van der Waals surface area contributed by atoms with E-state index >= 15 is 0 Å². The zero-order valence-corrected chi connectivity index (χ0v) is 14.0. The lowest BCUT2D eigenvalue weighted by Gasteiger charge is -2.36. The second kappa shape index (κ2) is 6.54. The zero-order valence-electron chi connectivity index (χ0n) is 14.0. The Bertz CT molecular complexity index is 668. The molecule has 7 nitrogen and oxygen atoms in total. The smallest absolute Gasteiger partial charge is 0.255 e. The third-order valence-electron chi connectivity index (χ3n) is 4.51. The molecule has 3 rings (SSSR count). The number of carbonyl (C=O) groups excluding carboxylic acids is 1. The summed E-state index contributed by atoms with van der Waals surface area (Å²) in [5.74, 6) is 0.139. The summed E-state index contributed by atoms with van der Waals surface area (Å²) in [5, 5.41) is 8.44. The molecule has 0 spiro atoms. The Morgan fingerprint density at radius 3 is 2.65 bits per heavy atom. The summed E-state index contributed by atoms with van der Waals surface area (Å²) in [6.45, 7) is 2.41. The van der Waals surface area contributed by atoms with Crippen LogP contribution in [0, 0.1) is 0 Å². The molecule has 1 amide bonds. The minimum Gasteiger partial charge on any atom is -0.356 e. The number of piperidine rings is 1. The lowest BCUT2D eigenvalue weighted by atomic mass is 10.0. The quantitative estimate of drug-likeness (QED) is 0.840. The SMILES string of the molecule is CN(Cc1cnn(C)n1)C1CCN(C(=O)c2ccn(C)c2)CC1. The van der Waals surface area contributed by atoms with Crippen molar-refractivity contribution in [3.8, 4) is 0 Å². The van der Waals surface area contributed by atoms with Gasteiger partial charge in [-0.25, -0.2) is 0 Å². The van der Waals surface area contributed by atoms with Gasteiger partial charge in [0.2, 0.25) is 0 Å². The Labute approximate surface area is 136 Å². The molecule has 3 heterocycles. The fourth-order valence-electron chi connectivity index (χ4n) is 3.17. The van der Waals surface area contributed by atoms with Crippen molar-refractivity contribution >= 4 is 5.91 Å². The summed E-state index contributed by atoms with van der Waals surface area (Å²) in [5.41, 5.74) is 1.76. The lowest BCUT2D eigenvalue weighted by Crippen LogP contribution is -2.45. The van der Waals surface area contributed by atoms with Gasteiger partial charge in [-0.2, -0.15) is 15.0 Å². The summed E-state index contributed by atoms with van der Waals surface area (Å²) in [6, 6.07) is 2.37. The first kappa shape index (κ1) is 15.7. The van der Waals surface area contributed by atoms with E-state index in [2.05, 4.69) is 22.1 Å². The van der Waals surface area contributed by atoms with Crippen LogP contribution in [0.3, 0.4) is 0 Å². The Kier molecular flexibility index (Phi) is 4.47. The van der Waals surface area contributed by atoms with Gasteiger partial charge in [-0.1, -0.05) is 0 Å². The van der Waals surface area contributed by atoms with E-state index in [0.717, 1.165) is 43.7 Å². The van der Waals surface area contributed by atoms with Gasteiger partial charge in [-0.3, -0.25) is 9.69 Å². The van der Waals surface area contributed by atoms with Crippen LogP contribution in [-0.2, 0) is 20.6 Å². The summed E-state index contributed by atoms with van der Waals surface area (Å²) in [7, 11) is 5.88. The van der Waals surface area contributed by atoms with E-state index < -0.39 is 0 Å². The number of hydrogen-bond acceptors (Lipinski definition) is 4. The Morgan fingerprint density at radius 1 is 1.35 bits per heavy atom. The summed E-state index contributed by atoms with van der Waals surface area (Å²) in [4.78, 5) is 18.3. The number of carbonyl (C=O) groups is 1. The number of rotatable bonds is 4. The van der Waals surface area contributed by atoms with Crippen LogP contribution in [0.2, 0.25) is 0 Å². The van der Waals surface area contributed by atoms with Crippen LogP contribution in [0.15, 0.2) is 24.7 Å². The van der Waals surface area contributed by atoms with Gasteiger partial charge < -0.3 is 9.47 Å². The standard InChI is InChI=1S/C16H24N6O/c1-19-7-4-13(11-19)16(23)22-8-5-15(6-9-22)20(2)12-14-10-17-21(3)18-14/h4,7,10-11,15H,5-6,8-9,12H2,1-3H3. The lowest BCUT2D eigenvalue weighted by molar-refractivity contribution is 0.0638. The predicted octanol–water partition coefficient (Wildman–Crippen LogP) is 0.890. The van der Waals surface area contributed by atoms with Gasteiger partial charge in [0, 0.05) is 52.2 Å². The highest BCUT2D eigenvalue weighted by molar-refractivity contribution is 5.94. The fraction of sp³-hybridized carbons (Fsp3) is 0.562. The van der Waals surface area contributed by atoms with E-state index in [9.17, 15) is 4.79 Å². The highest BCUT2D eigenvalue weighted by atomic mass is 16.2. The minimum absolute atomic E-state index is 0.139. The van der Waals surface area contributed by atoms with Crippen molar-refractivity contribution < 1.29 is 4.79 Å². The maximum absolute atomic E-state index is 12.5. The molecule has 0 saturated carbocycles. The molecule has 0 radical (unpaired) electrons. The van der Waals surface area contributed by atoms with Crippen molar-refractivity contribution in [2.45, 2.75) is 25.4 Å². The molecule has 1 saturated heterocycles. The van der Waals surface area contributed by atoms with Gasteiger partial charge in [0.05, 0.1) is 17.5 Å². The third kappa shape index (κ3) is 3.61. The van der Waals surface area contributed by atoms with E-state index in [-0.39, 0.29) is 5.91 Å². The van der Waals surface area contributed by atoms with E-state index in [4.69, 9.17) is 0 Å². The molecule has 0 N–H and O–H groups in total. The molecule has 1 aliphatic rings. The normalized spacial score (nSPS) is 16.3. The van der Waals surface area contributed by atoms with Gasteiger partial charge in [0.1, 0.15) is 0 Å². The van der Waals surface area contributed by atoms with Crippen molar-refractivity contribution in [3.05, 3.63) is 35.9 Å². The Balaban J connectivity index is 1.52. The Hall–Kier alpha value is -2.15. The van der Waals surface area contributed by atoms with Crippen molar-refractivity contribution in [2.75, 3.05) is 20.1 Å². The van der Waals surface area contributed by atoms with Crippen LogP contribution in [-0.4, -0.2) is 61.4 Å². The van der Waals surface area contributed by atoms with Gasteiger partial charge in [-0.05, 0) is 26.0 Å². The van der Waals surface area contributed by atoms with Crippen LogP contribution < -0.4 is 0 Å². The molecule has 0 aliphatic carbocycles. The number of amides is 1. The molecule has 23 heavy (non-hydrogen) atoms. The van der Waals surface area contributed by atoms with Crippen LogP contribution in [0.5, 0.6) is 0 Å². The van der Waals surface area contributed by atoms with Crippen molar-refractivity contribution in [3.63, 3.8) is 0 Å². The van der Waals surface area contributed by atoms with E-state index in [1.165, 1.54) is 0 Å². The number of aryl methyl sites for hydroxylation is 2. The van der Waals surface area contributed by atoms with Crippen LogP contribution in [0.4, 0.5) is 0 Å². The first-order valence-electron chi connectivity index (χ1n) is 7.99. The highest BCUT2D eigenvalue weighted by Crippen LogP contribution is 2.19. The van der Waals surface area contributed by atoms with E-state index in [1.807, 2.05) is 48.2 Å². The third-order valence-corrected chi connectivity index (χ3v) is 4.51. The molecule has 1 aliphatic heterocycles. The van der Waals surface area contributed by atoms with Crippen molar-refractivity contribution in [2.24, 2.45) is 14.1 Å². The molecule has 2 aromatic rings. The number of likely N-dealkylation sites (tertiary alicyclic amines) is 1. The molecule has 7 heteroatoms. The molecule has 1 fully saturated rings. The first-order chi connectivity index (χ1) is 11.0. The molecule has 124 valence electrons. The van der Waals surface area contributed by atoms with Crippen LogP contribution >= 0.6 is 0 Å². The van der Waals surface area contributed by atoms with Gasteiger partial charge in [-0.15, -0.1) is 0 Å². The average molecular weight is 316 g/mol. The summed E-state index contributed by atoms with van der Waals surface area (Å²) >= 11 is 0. The van der Waals surface area contributed by atoms with Gasteiger partial charge in [0.25, 0.3) is 5.91 Å². The van der Waals surface area contributed by atoms with Crippen LogP contribution in [0.1, 0.15) is 28.9 Å². The molecular formula is C16H24N6O. The monoisotopic (exact) mass is 316 g/mol. The number of hydrogen-bond donors (Lipinski definition) is 0. The molecular weight excluding hydrogens is 292 g/mol. The minimum atomic E-state index is 0.139. The summed E-state index contributed by atoms with van der Waals surface area (Å²) in [6.07, 6.45) is 7.60. The van der Waals surface area contributed by atoms with Gasteiger partial charge in [0.15, 0.2) is 0 Å². The summed E-state index contributed by atoms with van der Waals surface area (Å²) < 4.78 is 1.91. The number of aromatic nitrogens is 4. The second-order valence-corrected chi connectivity index (χ2v) is 6.33. The van der Waals surface area contributed by atoms with E-state index in [0.29, 0.717) is 6.04 Å². The van der Waals surface area contributed by atoms with Crippen molar-refractivity contribution in [1.29, 1.82) is 0 Å². The van der Waals surface area contributed by atoms with Gasteiger partial charge >= 0.3 is 0 Å². The Morgan fingerprint density at radius 2 is 2.09 bits per heavy atom. The predicted molar refractivity (Wildman–Crippen MR) is 86.8 cm³/mol. The largest absolute Gasteiger partial charge is 0.356 e. The second-order valence-electron chi connectivity index (χ2n) is 6.33. The molecule has 0 atom stereocenters. The van der Waals surface area contributed by atoms with Crippen LogP contribution in [0.25, 0.3) is 0 Å². The maximum atomic E-state index is 12.5. The average Bonchev–Trinajstić information content (AvgIpc) is 3.15. The zero-order chi connectivity index (χ0) is 16.4. The topological polar surface area (TPSA) is 59.2 Å². The molecule has 0 bridgehead atoms.